The van der Waals surface area contributed by atoms with Crippen molar-refractivity contribution >= 4 is 5.97 Å². The molecular weight excluding hydrogens is 242 g/mol. The molecule has 0 amide bonds. The first-order chi connectivity index (χ1) is 9.06. The Hall–Kier alpha value is -0.610. The minimum absolute atomic E-state index is 0.112. The predicted molar refractivity (Wildman–Crippen MR) is 74.2 cm³/mol. The van der Waals surface area contributed by atoms with Crippen LogP contribution in [0.3, 0.4) is 0 Å². The Kier molecular flexibility index (Phi) is 5.22. The lowest BCUT2D eigenvalue weighted by molar-refractivity contribution is -0.149. The third kappa shape index (κ3) is 4.18. The van der Waals surface area contributed by atoms with E-state index in [0.29, 0.717) is 18.4 Å². The smallest absolute Gasteiger partial charge is 0.332 e. The highest BCUT2D eigenvalue weighted by molar-refractivity contribution is 5.72. The van der Waals surface area contributed by atoms with Gasteiger partial charge in [0.15, 0.2) is 6.10 Å². The summed E-state index contributed by atoms with van der Waals surface area (Å²) in [5, 5.41) is 8.98. The van der Waals surface area contributed by atoms with Crippen molar-refractivity contribution in [3.63, 3.8) is 0 Å². The molecule has 2 aliphatic rings. The van der Waals surface area contributed by atoms with E-state index in [1.54, 1.807) is 0 Å². The minimum Gasteiger partial charge on any atom is -0.479 e. The van der Waals surface area contributed by atoms with Crippen LogP contribution >= 0.6 is 0 Å². The molecular formula is C15H27NO3. The van der Waals surface area contributed by atoms with Crippen molar-refractivity contribution in [2.24, 2.45) is 5.92 Å². The summed E-state index contributed by atoms with van der Waals surface area (Å²) in [5.41, 5.74) is 0. The van der Waals surface area contributed by atoms with Crippen LogP contribution in [0.25, 0.3) is 0 Å². The van der Waals surface area contributed by atoms with Crippen molar-refractivity contribution < 1.29 is 14.6 Å². The molecule has 19 heavy (non-hydrogen) atoms. The number of rotatable bonds is 6. The maximum absolute atomic E-state index is 10.9. The van der Waals surface area contributed by atoms with Crippen LogP contribution in [0.1, 0.15) is 52.4 Å². The summed E-state index contributed by atoms with van der Waals surface area (Å²) >= 11 is 0. The number of hydrogen-bond donors (Lipinski definition) is 1. The van der Waals surface area contributed by atoms with Gasteiger partial charge in [0.1, 0.15) is 0 Å². The molecule has 2 fully saturated rings. The zero-order valence-corrected chi connectivity index (χ0v) is 12.2. The molecule has 2 unspecified atom stereocenters. The second kappa shape index (κ2) is 6.71. The largest absolute Gasteiger partial charge is 0.479 e. The van der Waals surface area contributed by atoms with Gasteiger partial charge in [0.25, 0.3) is 0 Å². The van der Waals surface area contributed by atoms with Crippen molar-refractivity contribution in [3.8, 4) is 0 Å². The second-order valence-corrected chi connectivity index (χ2v) is 6.45. The molecule has 1 aliphatic carbocycles. The summed E-state index contributed by atoms with van der Waals surface area (Å²) in [6.45, 7) is 6.50. The van der Waals surface area contributed by atoms with Crippen molar-refractivity contribution in [1.29, 1.82) is 0 Å². The summed E-state index contributed by atoms with van der Waals surface area (Å²) < 4.78 is 5.65. The molecule has 2 rings (SSSR count). The van der Waals surface area contributed by atoms with Gasteiger partial charge in [0, 0.05) is 19.1 Å². The molecule has 4 nitrogen and oxygen atoms in total. The Bertz CT molecular complexity index is 300. The predicted octanol–water partition coefficient (Wildman–Crippen LogP) is 2.52. The molecule has 0 radical (unpaired) electrons. The van der Waals surface area contributed by atoms with Gasteiger partial charge in [0.05, 0.1) is 6.10 Å². The summed E-state index contributed by atoms with van der Waals surface area (Å²) in [5.74, 6) is -0.156. The van der Waals surface area contributed by atoms with Crippen molar-refractivity contribution in [1.82, 2.24) is 4.90 Å². The third-order valence-corrected chi connectivity index (χ3v) is 4.26. The monoisotopic (exact) mass is 269 g/mol. The molecule has 1 saturated heterocycles. The molecule has 0 spiro atoms. The number of carbonyl (C=O) groups is 1. The van der Waals surface area contributed by atoms with Crippen LogP contribution in [0.2, 0.25) is 0 Å². The van der Waals surface area contributed by atoms with E-state index < -0.39 is 12.1 Å². The van der Waals surface area contributed by atoms with Gasteiger partial charge in [-0.2, -0.15) is 0 Å². The highest BCUT2D eigenvalue weighted by Gasteiger charge is 2.33. The first kappa shape index (κ1) is 14.8. The fraction of sp³-hybridized carbons (Fsp3) is 0.933. The summed E-state index contributed by atoms with van der Waals surface area (Å²) in [6.07, 6.45) is 6.35. The van der Waals surface area contributed by atoms with Crippen molar-refractivity contribution in [2.45, 2.75) is 70.6 Å². The molecule has 1 heterocycles. The quantitative estimate of drug-likeness (QED) is 0.805. The number of hydrogen-bond acceptors (Lipinski definition) is 3. The van der Waals surface area contributed by atoms with E-state index in [1.807, 2.05) is 0 Å². The van der Waals surface area contributed by atoms with Gasteiger partial charge in [-0.1, -0.05) is 26.7 Å². The Balaban J connectivity index is 1.87. The van der Waals surface area contributed by atoms with Crippen LogP contribution in [0.4, 0.5) is 0 Å². The van der Waals surface area contributed by atoms with Gasteiger partial charge in [-0.15, -0.1) is 0 Å². The lowest BCUT2D eigenvalue weighted by Crippen LogP contribution is -2.41. The second-order valence-electron chi connectivity index (χ2n) is 6.45. The molecule has 1 N–H and O–H groups in total. The highest BCUT2D eigenvalue weighted by Crippen LogP contribution is 2.27. The molecule has 0 aromatic rings. The van der Waals surface area contributed by atoms with E-state index in [4.69, 9.17) is 9.84 Å². The van der Waals surface area contributed by atoms with Crippen LogP contribution in [-0.4, -0.2) is 47.3 Å². The average molecular weight is 269 g/mol. The van der Waals surface area contributed by atoms with Gasteiger partial charge in [-0.3, -0.25) is 4.90 Å². The molecule has 1 saturated carbocycles. The van der Waals surface area contributed by atoms with Gasteiger partial charge in [0.2, 0.25) is 0 Å². The zero-order valence-electron chi connectivity index (χ0n) is 12.2. The minimum atomic E-state index is -0.807. The molecule has 0 aromatic heterocycles. The number of nitrogens with zero attached hydrogens (tertiary/aromatic N) is 1. The SMILES string of the molecule is CC(C)CN(CC1CCC(C(=O)O)O1)C1CCCC1. The lowest BCUT2D eigenvalue weighted by atomic mass is 10.1. The normalized spacial score (nSPS) is 28.6. The van der Waals surface area contributed by atoms with Crippen LogP contribution < -0.4 is 0 Å². The van der Waals surface area contributed by atoms with Gasteiger partial charge in [-0.05, 0) is 31.6 Å². The Morgan fingerprint density at radius 1 is 1.26 bits per heavy atom. The number of aliphatic carboxylic acids is 1. The van der Waals surface area contributed by atoms with E-state index in [-0.39, 0.29) is 6.10 Å². The van der Waals surface area contributed by atoms with Gasteiger partial charge in [-0.25, -0.2) is 4.79 Å². The van der Waals surface area contributed by atoms with E-state index in [1.165, 1.54) is 25.7 Å². The lowest BCUT2D eigenvalue weighted by Gasteiger charge is -2.32. The fourth-order valence-electron chi connectivity index (χ4n) is 3.39. The van der Waals surface area contributed by atoms with Crippen LogP contribution in [0, 0.1) is 5.92 Å². The van der Waals surface area contributed by atoms with E-state index in [2.05, 4.69) is 18.7 Å². The maximum Gasteiger partial charge on any atom is 0.332 e. The summed E-state index contributed by atoms with van der Waals surface area (Å²) in [6, 6.07) is 0.690. The number of carboxylic acid groups (broad SMARTS) is 1. The molecule has 4 heteroatoms. The first-order valence-corrected chi connectivity index (χ1v) is 7.68. The van der Waals surface area contributed by atoms with E-state index in [9.17, 15) is 4.79 Å². The molecule has 1 aliphatic heterocycles. The van der Waals surface area contributed by atoms with Crippen molar-refractivity contribution in [3.05, 3.63) is 0 Å². The topological polar surface area (TPSA) is 49.8 Å². The van der Waals surface area contributed by atoms with E-state index in [0.717, 1.165) is 19.5 Å². The Morgan fingerprint density at radius 3 is 2.47 bits per heavy atom. The summed E-state index contributed by atoms with van der Waals surface area (Å²) in [4.78, 5) is 13.5. The maximum atomic E-state index is 10.9. The van der Waals surface area contributed by atoms with Crippen LogP contribution in [0.5, 0.6) is 0 Å². The van der Waals surface area contributed by atoms with Gasteiger partial charge < -0.3 is 9.84 Å². The average Bonchev–Trinajstić information content (AvgIpc) is 2.98. The Labute approximate surface area is 116 Å². The van der Waals surface area contributed by atoms with Gasteiger partial charge >= 0.3 is 5.97 Å². The van der Waals surface area contributed by atoms with Crippen molar-refractivity contribution in [2.75, 3.05) is 13.1 Å². The standard InChI is InChI=1S/C15H27NO3/c1-11(2)9-16(12-5-3-4-6-12)10-13-7-8-14(19-13)15(17)18/h11-14H,3-10H2,1-2H3,(H,17,18). The van der Waals surface area contributed by atoms with E-state index >= 15 is 0 Å². The van der Waals surface area contributed by atoms with Crippen LogP contribution in [-0.2, 0) is 9.53 Å². The zero-order chi connectivity index (χ0) is 13.8. The van der Waals surface area contributed by atoms with Crippen LogP contribution in [0.15, 0.2) is 0 Å². The third-order valence-electron chi connectivity index (χ3n) is 4.26. The molecule has 0 aromatic carbocycles. The first-order valence-electron chi connectivity index (χ1n) is 7.68. The molecule has 0 bridgehead atoms. The molecule has 110 valence electrons. The summed E-state index contributed by atoms with van der Waals surface area (Å²) in [7, 11) is 0. The fourth-order valence-corrected chi connectivity index (χ4v) is 3.39. The number of carboxylic acids is 1. The molecule has 2 atom stereocenters. The number of ether oxygens (including phenoxy) is 1. The highest BCUT2D eigenvalue weighted by atomic mass is 16.5. The Morgan fingerprint density at radius 2 is 1.95 bits per heavy atom.